The van der Waals surface area contributed by atoms with Crippen LogP contribution in [0.2, 0.25) is 0 Å². The highest BCUT2D eigenvalue weighted by Crippen LogP contribution is 2.22. The lowest BCUT2D eigenvalue weighted by molar-refractivity contribution is -0.141. The zero-order chi connectivity index (χ0) is 15.4. The Morgan fingerprint density at radius 1 is 1.33 bits per heavy atom. The van der Waals surface area contributed by atoms with Crippen molar-refractivity contribution in [3.8, 4) is 0 Å². The summed E-state index contributed by atoms with van der Waals surface area (Å²) in [5.74, 6) is -1.07. The Labute approximate surface area is 124 Å². The zero-order valence-corrected chi connectivity index (χ0v) is 12.5. The number of carboxylic acid groups (broad SMARTS) is 1. The number of carbonyl (C=O) groups excluding carboxylic acids is 1. The number of rotatable bonds is 5. The largest absolute Gasteiger partial charge is 0.480 e. The molecule has 0 unspecified atom stereocenters. The van der Waals surface area contributed by atoms with Crippen LogP contribution in [0, 0.1) is 0 Å². The van der Waals surface area contributed by atoms with Gasteiger partial charge in [0.05, 0.1) is 6.10 Å². The molecule has 120 valence electrons. The van der Waals surface area contributed by atoms with Gasteiger partial charge in [-0.25, -0.2) is 9.59 Å². The average molecular weight is 299 g/mol. The van der Waals surface area contributed by atoms with Crippen LogP contribution in [0.25, 0.3) is 0 Å². The number of carbonyl (C=O) groups is 2. The second-order valence-corrected chi connectivity index (χ2v) is 6.05. The fraction of sp³-hybridized carbons (Fsp3) is 0.857. The number of hydrogen-bond acceptors (Lipinski definition) is 4. The number of aliphatic hydroxyl groups excluding tert-OH is 1. The standard InChI is InChI=1S/C14H25N3O4/c1-16(10-4-2-3-5-10)7-6-15-14(21)17-9-11(18)8-12(17)13(19)20/h10-12,18H,2-9H2,1H3,(H,15,21)(H,19,20)/t11-,12-/m0/s1. The Morgan fingerprint density at radius 2 is 2.00 bits per heavy atom. The van der Waals surface area contributed by atoms with Gasteiger partial charge < -0.3 is 25.3 Å². The van der Waals surface area contributed by atoms with Crippen molar-refractivity contribution in [2.45, 2.75) is 50.3 Å². The first kappa shape index (κ1) is 16.0. The summed E-state index contributed by atoms with van der Waals surface area (Å²) in [5.41, 5.74) is 0. The van der Waals surface area contributed by atoms with Crippen molar-refractivity contribution in [3.05, 3.63) is 0 Å². The van der Waals surface area contributed by atoms with Gasteiger partial charge in [0, 0.05) is 32.1 Å². The van der Waals surface area contributed by atoms with Gasteiger partial charge in [0.15, 0.2) is 0 Å². The molecule has 0 aromatic rings. The fourth-order valence-electron chi connectivity index (χ4n) is 3.24. The van der Waals surface area contributed by atoms with Crippen LogP contribution in [0.5, 0.6) is 0 Å². The summed E-state index contributed by atoms with van der Waals surface area (Å²) < 4.78 is 0. The first-order valence-electron chi connectivity index (χ1n) is 7.64. The summed E-state index contributed by atoms with van der Waals surface area (Å²) in [6, 6.07) is -0.728. The van der Waals surface area contributed by atoms with E-state index in [9.17, 15) is 14.7 Å². The van der Waals surface area contributed by atoms with Gasteiger partial charge in [0.25, 0.3) is 0 Å². The average Bonchev–Trinajstić information content (AvgIpc) is 3.07. The number of β-amino-alcohol motifs (C(OH)–C–C–N with tert-alkyl or cyclic N) is 1. The highest BCUT2D eigenvalue weighted by molar-refractivity contribution is 5.83. The molecular weight excluding hydrogens is 274 g/mol. The number of nitrogens with zero attached hydrogens (tertiary/aromatic N) is 2. The van der Waals surface area contributed by atoms with Crippen molar-refractivity contribution in [2.24, 2.45) is 0 Å². The third kappa shape index (κ3) is 4.07. The van der Waals surface area contributed by atoms with E-state index >= 15 is 0 Å². The van der Waals surface area contributed by atoms with E-state index in [1.54, 1.807) is 0 Å². The van der Waals surface area contributed by atoms with E-state index in [4.69, 9.17) is 5.11 Å². The van der Waals surface area contributed by atoms with E-state index in [0.717, 1.165) is 6.54 Å². The molecule has 2 fully saturated rings. The van der Waals surface area contributed by atoms with Crippen LogP contribution in [0.3, 0.4) is 0 Å². The second kappa shape index (κ2) is 7.09. The monoisotopic (exact) mass is 299 g/mol. The van der Waals surface area contributed by atoms with E-state index in [1.807, 2.05) is 0 Å². The molecule has 1 saturated carbocycles. The Morgan fingerprint density at radius 3 is 2.62 bits per heavy atom. The molecule has 2 rings (SSSR count). The number of amides is 2. The maximum atomic E-state index is 12.0. The van der Waals surface area contributed by atoms with Crippen molar-refractivity contribution >= 4 is 12.0 Å². The first-order valence-corrected chi connectivity index (χ1v) is 7.64. The minimum atomic E-state index is -1.07. The van der Waals surface area contributed by atoms with Crippen molar-refractivity contribution < 1.29 is 19.8 Å². The molecule has 3 N–H and O–H groups in total. The van der Waals surface area contributed by atoms with Gasteiger partial charge in [-0.1, -0.05) is 12.8 Å². The van der Waals surface area contributed by atoms with Gasteiger partial charge in [-0.2, -0.15) is 0 Å². The minimum absolute atomic E-state index is 0.0846. The summed E-state index contributed by atoms with van der Waals surface area (Å²) in [5, 5.41) is 21.4. The second-order valence-electron chi connectivity index (χ2n) is 6.05. The number of aliphatic carboxylic acids is 1. The number of likely N-dealkylation sites (N-methyl/N-ethyl adjacent to an activating group) is 1. The van der Waals surface area contributed by atoms with Crippen LogP contribution in [-0.2, 0) is 4.79 Å². The summed E-state index contributed by atoms with van der Waals surface area (Å²) >= 11 is 0. The van der Waals surface area contributed by atoms with Crippen LogP contribution >= 0.6 is 0 Å². The Kier molecular flexibility index (Phi) is 5.41. The summed E-state index contributed by atoms with van der Waals surface area (Å²) in [7, 11) is 2.06. The topological polar surface area (TPSA) is 93.1 Å². The molecule has 0 radical (unpaired) electrons. The minimum Gasteiger partial charge on any atom is -0.480 e. The van der Waals surface area contributed by atoms with Gasteiger partial charge >= 0.3 is 12.0 Å². The molecule has 1 aliphatic carbocycles. The van der Waals surface area contributed by atoms with Gasteiger partial charge in [-0.15, -0.1) is 0 Å². The van der Waals surface area contributed by atoms with Crippen molar-refractivity contribution in [1.82, 2.24) is 15.1 Å². The molecule has 7 heteroatoms. The van der Waals surface area contributed by atoms with Gasteiger partial charge in [0.2, 0.25) is 0 Å². The summed E-state index contributed by atoms with van der Waals surface area (Å²) in [4.78, 5) is 26.6. The summed E-state index contributed by atoms with van der Waals surface area (Å²) in [6.45, 7) is 1.33. The molecule has 2 aliphatic rings. The lowest BCUT2D eigenvalue weighted by Crippen LogP contribution is -2.48. The number of likely N-dealkylation sites (tertiary alicyclic amines) is 1. The van der Waals surface area contributed by atoms with Gasteiger partial charge in [0.1, 0.15) is 6.04 Å². The quantitative estimate of drug-likeness (QED) is 0.669. The smallest absolute Gasteiger partial charge is 0.326 e. The van der Waals surface area contributed by atoms with E-state index in [0.29, 0.717) is 12.6 Å². The van der Waals surface area contributed by atoms with E-state index in [2.05, 4.69) is 17.3 Å². The highest BCUT2D eigenvalue weighted by Gasteiger charge is 2.38. The summed E-state index contributed by atoms with van der Waals surface area (Å²) in [6.07, 6.45) is 4.32. The lowest BCUT2D eigenvalue weighted by Gasteiger charge is -2.25. The SMILES string of the molecule is CN(CCNC(=O)N1C[C@@H](O)C[C@H]1C(=O)O)C1CCCC1. The van der Waals surface area contributed by atoms with E-state index in [-0.39, 0.29) is 13.0 Å². The number of carboxylic acids is 1. The van der Waals surface area contributed by atoms with Crippen LogP contribution in [0.15, 0.2) is 0 Å². The van der Waals surface area contributed by atoms with Crippen LogP contribution in [0.4, 0.5) is 4.79 Å². The number of hydrogen-bond donors (Lipinski definition) is 3. The molecule has 21 heavy (non-hydrogen) atoms. The highest BCUT2D eigenvalue weighted by atomic mass is 16.4. The maximum Gasteiger partial charge on any atom is 0.326 e. The zero-order valence-electron chi connectivity index (χ0n) is 12.5. The fourth-order valence-corrected chi connectivity index (χ4v) is 3.24. The van der Waals surface area contributed by atoms with Crippen molar-refractivity contribution in [2.75, 3.05) is 26.7 Å². The molecule has 7 nitrogen and oxygen atoms in total. The molecule has 1 saturated heterocycles. The number of urea groups is 1. The molecule has 0 bridgehead atoms. The van der Waals surface area contributed by atoms with E-state index in [1.165, 1.54) is 30.6 Å². The molecule has 2 amide bonds. The Bertz CT molecular complexity index is 384. The van der Waals surface area contributed by atoms with Gasteiger partial charge in [-0.3, -0.25) is 0 Å². The Hall–Kier alpha value is -1.34. The molecule has 1 aliphatic heterocycles. The molecule has 2 atom stereocenters. The number of aliphatic hydroxyl groups is 1. The lowest BCUT2D eigenvalue weighted by atomic mass is 10.2. The first-order chi connectivity index (χ1) is 9.99. The third-order valence-electron chi connectivity index (χ3n) is 4.51. The number of nitrogens with one attached hydrogen (secondary N) is 1. The van der Waals surface area contributed by atoms with Crippen molar-refractivity contribution in [1.29, 1.82) is 0 Å². The molecule has 0 aromatic heterocycles. The molecular formula is C14H25N3O4. The van der Waals surface area contributed by atoms with E-state index < -0.39 is 24.1 Å². The molecule has 1 heterocycles. The van der Waals surface area contributed by atoms with Crippen LogP contribution in [-0.4, -0.2) is 76.9 Å². The maximum absolute atomic E-state index is 12.0. The van der Waals surface area contributed by atoms with Crippen molar-refractivity contribution in [3.63, 3.8) is 0 Å². The predicted octanol–water partition coefficient (Wildman–Crippen LogP) is 0.0902. The normalized spacial score (nSPS) is 26.5. The molecule has 0 spiro atoms. The predicted molar refractivity (Wildman–Crippen MR) is 77.0 cm³/mol. The molecule has 0 aromatic carbocycles. The van der Waals surface area contributed by atoms with Gasteiger partial charge in [-0.05, 0) is 19.9 Å². The van der Waals surface area contributed by atoms with Crippen LogP contribution < -0.4 is 5.32 Å². The third-order valence-corrected chi connectivity index (χ3v) is 4.51. The Balaban J connectivity index is 1.74. The van der Waals surface area contributed by atoms with Crippen LogP contribution in [0.1, 0.15) is 32.1 Å².